The SMILES string of the molecule is Cc1nc(NC(=O)c2ccc(S(=O)(=O)c3ccc(Cl)cc3)o2)sc1C. The van der Waals surface area contributed by atoms with Crippen LogP contribution >= 0.6 is 22.9 Å². The van der Waals surface area contributed by atoms with E-state index in [0.717, 1.165) is 10.6 Å². The number of carbonyl (C=O) groups is 1. The first-order valence-corrected chi connectivity index (χ1v) is 9.81. The van der Waals surface area contributed by atoms with Gasteiger partial charge in [-0.2, -0.15) is 0 Å². The zero-order chi connectivity index (χ0) is 18.2. The van der Waals surface area contributed by atoms with Crippen molar-refractivity contribution < 1.29 is 17.6 Å². The molecule has 0 bridgehead atoms. The molecule has 2 aromatic heterocycles. The van der Waals surface area contributed by atoms with E-state index in [1.54, 1.807) is 0 Å². The predicted octanol–water partition coefficient (Wildman–Crippen LogP) is 4.09. The van der Waals surface area contributed by atoms with E-state index in [1.807, 2.05) is 13.8 Å². The van der Waals surface area contributed by atoms with Crippen LogP contribution in [0.5, 0.6) is 0 Å². The minimum absolute atomic E-state index is 0.0318. The highest BCUT2D eigenvalue weighted by atomic mass is 35.5. The van der Waals surface area contributed by atoms with E-state index in [4.69, 9.17) is 16.0 Å². The van der Waals surface area contributed by atoms with Crippen molar-refractivity contribution >= 4 is 43.8 Å². The molecule has 2 heterocycles. The lowest BCUT2D eigenvalue weighted by molar-refractivity contribution is 0.0991. The van der Waals surface area contributed by atoms with Crippen LogP contribution in [0.25, 0.3) is 0 Å². The van der Waals surface area contributed by atoms with Gasteiger partial charge in [0.25, 0.3) is 5.91 Å². The Bertz CT molecular complexity index is 1020. The summed E-state index contributed by atoms with van der Waals surface area (Å²) in [6.07, 6.45) is 0. The average molecular weight is 397 g/mol. The van der Waals surface area contributed by atoms with Crippen molar-refractivity contribution in [3.8, 4) is 0 Å². The van der Waals surface area contributed by atoms with Gasteiger partial charge in [-0.15, -0.1) is 11.3 Å². The summed E-state index contributed by atoms with van der Waals surface area (Å²) in [5.74, 6) is -0.677. The standard InChI is InChI=1S/C16H13ClN2O4S2/c1-9-10(2)24-16(18-9)19-15(20)13-7-8-14(23-13)25(21,22)12-5-3-11(17)4-6-12/h3-8H,1-2H3,(H,18,19,20). The van der Waals surface area contributed by atoms with Crippen molar-refractivity contribution in [2.24, 2.45) is 0 Å². The molecule has 1 N–H and O–H groups in total. The second-order valence-electron chi connectivity index (χ2n) is 5.19. The Morgan fingerprint density at radius 2 is 1.84 bits per heavy atom. The van der Waals surface area contributed by atoms with Gasteiger partial charge in [-0.3, -0.25) is 10.1 Å². The fourth-order valence-electron chi connectivity index (χ4n) is 2.00. The van der Waals surface area contributed by atoms with Gasteiger partial charge in [-0.05, 0) is 50.2 Å². The quantitative estimate of drug-likeness (QED) is 0.717. The Kier molecular flexibility index (Phi) is 4.68. The van der Waals surface area contributed by atoms with Crippen molar-refractivity contribution in [1.82, 2.24) is 4.98 Å². The van der Waals surface area contributed by atoms with Gasteiger partial charge in [0.1, 0.15) is 0 Å². The smallest absolute Gasteiger partial charge is 0.293 e. The zero-order valence-electron chi connectivity index (χ0n) is 13.2. The summed E-state index contributed by atoms with van der Waals surface area (Å²) in [6, 6.07) is 8.25. The number of thiazole rings is 1. The normalized spacial score (nSPS) is 11.5. The number of anilines is 1. The number of benzene rings is 1. The van der Waals surface area contributed by atoms with Crippen molar-refractivity contribution in [2.75, 3.05) is 5.32 Å². The summed E-state index contributed by atoms with van der Waals surface area (Å²) in [6.45, 7) is 3.73. The van der Waals surface area contributed by atoms with E-state index in [-0.39, 0.29) is 15.7 Å². The first kappa shape index (κ1) is 17.7. The summed E-state index contributed by atoms with van der Waals surface area (Å²) in [5, 5.41) is 3.13. The van der Waals surface area contributed by atoms with Crippen LogP contribution in [0.15, 0.2) is 50.8 Å². The van der Waals surface area contributed by atoms with Crippen molar-refractivity contribution in [3.05, 3.63) is 57.8 Å². The van der Waals surface area contributed by atoms with Crippen LogP contribution in [-0.4, -0.2) is 19.3 Å². The third-order valence-electron chi connectivity index (χ3n) is 3.44. The van der Waals surface area contributed by atoms with Crippen molar-refractivity contribution in [3.63, 3.8) is 0 Å². The number of hydrogen-bond acceptors (Lipinski definition) is 6. The van der Waals surface area contributed by atoms with Gasteiger partial charge in [0.2, 0.25) is 14.9 Å². The number of sulfone groups is 1. The number of amides is 1. The van der Waals surface area contributed by atoms with E-state index in [9.17, 15) is 13.2 Å². The molecule has 0 radical (unpaired) electrons. The Morgan fingerprint density at radius 1 is 1.16 bits per heavy atom. The molecular formula is C16H13ClN2O4S2. The zero-order valence-corrected chi connectivity index (χ0v) is 15.6. The minimum atomic E-state index is -3.86. The molecular weight excluding hydrogens is 384 g/mol. The summed E-state index contributed by atoms with van der Waals surface area (Å²) in [5.41, 5.74) is 0.825. The van der Waals surface area contributed by atoms with Crippen molar-refractivity contribution in [1.29, 1.82) is 0 Å². The van der Waals surface area contributed by atoms with E-state index >= 15 is 0 Å². The molecule has 0 aliphatic rings. The molecule has 0 unspecified atom stereocenters. The highest BCUT2D eigenvalue weighted by molar-refractivity contribution is 7.91. The number of rotatable bonds is 4. The third kappa shape index (κ3) is 3.60. The Hall–Kier alpha value is -2.16. The van der Waals surface area contributed by atoms with E-state index in [1.165, 1.54) is 47.7 Å². The Labute approximate surface area is 153 Å². The number of hydrogen-bond donors (Lipinski definition) is 1. The number of aromatic nitrogens is 1. The lowest BCUT2D eigenvalue weighted by Crippen LogP contribution is -2.10. The number of aryl methyl sites for hydroxylation is 2. The van der Waals surface area contributed by atoms with Gasteiger partial charge in [0.15, 0.2) is 10.9 Å². The molecule has 0 aliphatic heterocycles. The van der Waals surface area contributed by atoms with Crippen LogP contribution in [0.2, 0.25) is 5.02 Å². The Balaban J connectivity index is 1.84. The van der Waals surface area contributed by atoms with Gasteiger partial charge in [-0.25, -0.2) is 13.4 Å². The summed E-state index contributed by atoms with van der Waals surface area (Å²) in [4.78, 5) is 17.4. The highest BCUT2D eigenvalue weighted by Gasteiger charge is 2.24. The van der Waals surface area contributed by atoms with Crippen LogP contribution in [0, 0.1) is 13.8 Å². The first-order chi connectivity index (χ1) is 11.8. The Morgan fingerprint density at radius 3 is 2.44 bits per heavy atom. The molecule has 0 saturated carbocycles. The minimum Gasteiger partial charge on any atom is -0.439 e. The largest absolute Gasteiger partial charge is 0.439 e. The lowest BCUT2D eigenvalue weighted by Gasteiger charge is -2.01. The number of nitrogens with zero attached hydrogens (tertiary/aromatic N) is 1. The molecule has 3 rings (SSSR count). The second-order valence-corrected chi connectivity index (χ2v) is 8.71. The molecule has 0 spiro atoms. The fraction of sp³-hybridized carbons (Fsp3) is 0.125. The molecule has 1 amide bonds. The summed E-state index contributed by atoms with van der Waals surface area (Å²) in [7, 11) is -3.86. The van der Waals surface area contributed by atoms with Crippen LogP contribution in [0.3, 0.4) is 0 Å². The van der Waals surface area contributed by atoms with Crippen LogP contribution in [0.4, 0.5) is 5.13 Å². The maximum atomic E-state index is 12.5. The first-order valence-electron chi connectivity index (χ1n) is 7.13. The van der Waals surface area contributed by atoms with E-state index in [2.05, 4.69) is 10.3 Å². The molecule has 0 saturated heterocycles. The molecule has 130 valence electrons. The van der Waals surface area contributed by atoms with E-state index < -0.39 is 15.7 Å². The summed E-state index contributed by atoms with van der Waals surface area (Å²) < 4.78 is 30.3. The molecule has 25 heavy (non-hydrogen) atoms. The van der Waals surface area contributed by atoms with Crippen LogP contribution in [0.1, 0.15) is 21.1 Å². The molecule has 0 fully saturated rings. The molecule has 9 heteroatoms. The number of nitrogens with one attached hydrogen (secondary N) is 1. The molecule has 1 aromatic carbocycles. The van der Waals surface area contributed by atoms with Gasteiger partial charge in [-0.1, -0.05) is 11.6 Å². The summed E-state index contributed by atoms with van der Waals surface area (Å²) >= 11 is 7.10. The predicted molar refractivity (Wildman–Crippen MR) is 95.2 cm³/mol. The topological polar surface area (TPSA) is 89.3 Å². The molecule has 0 aliphatic carbocycles. The van der Waals surface area contributed by atoms with E-state index in [0.29, 0.717) is 10.2 Å². The monoisotopic (exact) mass is 396 g/mol. The number of carbonyl (C=O) groups excluding carboxylic acids is 1. The van der Waals surface area contributed by atoms with Crippen molar-refractivity contribution in [2.45, 2.75) is 23.8 Å². The number of halogens is 1. The van der Waals surface area contributed by atoms with Crippen LogP contribution < -0.4 is 5.32 Å². The maximum absolute atomic E-state index is 12.5. The van der Waals surface area contributed by atoms with Gasteiger partial charge in [0.05, 0.1) is 10.6 Å². The average Bonchev–Trinajstić information content (AvgIpc) is 3.16. The molecule has 3 aromatic rings. The molecule has 0 atom stereocenters. The van der Waals surface area contributed by atoms with Gasteiger partial charge >= 0.3 is 0 Å². The second kappa shape index (κ2) is 6.62. The van der Waals surface area contributed by atoms with Gasteiger partial charge < -0.3 is 4.42 Å². The fourth-order valence-corrected chi connectivity index (χ4v) is 4.11. The lowest BCUT2D eigenvalue weighted by atomic mass is 10.4. The number of furan rings is 1. The maximum Gasteiger partial charge on any atom is 0.293 e. The third-order valence-corrected chi connectivity index (χ3v) is 6.33. The van der Waals surface area contributed by atoms with Gasteiger partial charge in [0, 0.05) is 9.90 Å². The van der Waals surface area contributed by atoms with Crippen LogP contribution in [-0.2, 0) is 9.84 Å². The molecule has 6 nitrogen and oxygen atoms in total. The highest BCUT2D eigenvalue weighted by Crippen LogP contribution is 2.25.